The van der Waals surface area contributed by atoms with E-state index in [4.69, 9.17) is 11.6 Å². The Bertz CT molecular complexity index is 112. The number of halogens is 1. The summed E-state index contributed by atoms with van der Waals surface area (Å²) in [5, 5.41) is 3.56. The summed E-state index contributed by atoms with van der Waals surface area (Å²) in [5.41, 5.74) is 0. The van der Waals surface area contributed by atoms with Crippen molar-refractivity contribution in [2.75, 3.05) is 12.4 Å². The molecule has 1 fully saturated rings. The molecule has 0 aromatic heterocycles. The van der Waals surface area contributed by atoms with Gasteiger partial charge in [0, 0.05) is 11.9 Å². The largest absolute Gasteiger partial charge is 0.314 e. The molecule has 0 bridgehead atoms. The molecular weight excluding hydrogens is 170 g/mol. The zero-order valence-electron chi connectivity index (χ0n) is 7.98. The Kier molecular flexibility index (Phi) is 5.01. The predicted octanol–water partition coefficient (Wildman–Crippen LogP) is 2.78. The van der Waals surface area contributed by atoms with E-state index in [1.54, 1.807) is 0 Å². The molecule has 0 aromatic rings. The Hall–Kier alpha value is 0.250. The smallest absolute Gasteiger partial charge is 0.0224 e. The molecule has 0 heterocycles. The molecule has 2 heteroatoms. The minimum atomic E-state index is 0.657. The van der Waals surface area contributed by atoms with Crippen LogP contribution < -0.4 is 5.32 Å². The lowest BCUT2D eigenvalue weighted by Gasteiger charge is -2.27. The summed E-state index contributed by atoms with van der Waals surface area (Å²) in [4.78, 5) is 0. The summed E-state index contributed by atoms with van der Waals surface area (Å²) in [6.45, 7) is 3.48. The highest BCUT2D eigenvalue weighted by Gasteiger charge is 2.17. The van der Waals surface area contributed by atoms with Gasteiger partial charge in [-0.3, -0.25) is 0 Å². The normalized spacial score (nSPS) is 20.5. The van der Waals surface area contributed by atoms with E-state index in [9.17, 15) is 0 Å². The summed E-state index contributed by atoms with van der Waals surface area (Å²) in [6.07, 6.45) is 6.68. The van der Waals surface area contributed by atoms with E-state index in [0.717, 1.165) is 18.2 Å². The number of hydrogen-bond acceptors (Lipinski definition) is 1. The van der Waals surface area contributed by atoms with E-state index in [2.05, 4.69) is 12.2 Å². The summed E-state index contributed by atoms with van der Waals surface area (Å²) in [5.74, 6) is 1.78. The Balaban J connectivity index is 1.90. The van der Waals surface area contributed by atoms with E-state index < -0.39 is 0 Å². The maximum Gasteiger partial charge on any atom is 0.0224 e. The van der Waals surface area contributed by atoms with Gasteiger partial charge in [0.2, 0.25) is 0 Å². The topological polar surface area (TPSA) is 12.0 Å². The van der Waals surface area contributed by atoms with Crippen LogP contribution in [0.3, 0.4) is 0 Å². The van der Waals surface area contributed by atoms with Crippen LogP contribution in [0.2, 0.25) is 0 Å². The van der Waals surface area contributed by atoms with Gasteiger partial charge in [0.25, 0.3) is 0 Å². The van der Waals surface area contributed by atoms with Crippen LogP contribution in [0.15, 0.2) is 0 Å². The fraction of sp³-hybridized carbons (Fsp3) is 1.00. The fourth-order valence-electron chi connectivity index (χ4n) is 1.55. The van der Waals surface area contributed by atoms with Gasteiger partial charge in [-0.1, -0.05) is 6.42 Å². The molecule has 1 rings (SSSR count). The van der Waals surface area contributed by atoms with Crippen molar-refractivity contribution in [1.82, 2.24) is 5.32 Å². The first-order valence-electron chi connectivity index (χ1n) is 5.12. The molecule has 1 N–H and O–H groups in total. The van der Waals surface area contributed by atoms with E-state index >= 15 is 0 Å². The molecular formula is C10H20ClN. The molecule has 0 amide bonds. The van der Waals surface area contributed by atoms with Crippen molar-refractivity contribution in [3.05, 3.63) is 0 Å². The quantitative estimate of drug-likeness (QED) is 0.634. The van der Waals surface area contributed by atoms with Gasteiger partial charge in [0.15, 0.2) is 0 Å². The van der Waals surface area contributed by atoms with Gasteiger partial charge in [-0.05, 0) is 45.1 Å². The Morgan fingerprint density at radius 1 is 1.50 bits per heavy atom. The third-order valence-electron chi connectivity index (χ3n) is 2.75. The zero-order chi connectivity index (χ0) is 8.81. The van der Waals surface area contributed by atoms with Crippen LogP contribution in [-0.4, -0.2) is 18.5 Å². The van der Waals surface area contributed by atoms with E-state index in [1.807, 2.05) is 0 Å². The summed E-state index contributed by atoms with van der Waals surface area (Å²) in [7, 11) is 0. The van der Waals surface area contributed by atoms with Crippen molar-refractivity contribution in [2.45, 2.75) is 45.1 Å². The number of rotatable bonds is 6. The van der Waals surface area contributed by atoms with Crippen molar-refractivity contribution >= 4 is 11.6 Å². The number of nitrogens with one attached hydrogen (secondary N) is 1. The standard InChI is InChI=1S/C10H20ClN/c1-9(4-3-7-11)12-8-10-5-2-6-10/h9-10,12H,2-8H2,1H3. The molecule has 1 aliphatic carbocycles. The van der Waals surface area contributed by atoms with Gasteiger partial charge >= 0.3 is 0 Å². The van der Waals surface area contributed by atoms with Crippen LogP contribution in [-0.2, 0) is 0 Å². The lowest BCUT2D eigenvalue weighted by atomic mass is 9.85. The van der Waals surface area contributed by atoms with Crippen molar-refractivity contribution in [2.24, 2.45) is 5.92 Å². The fourth-order valence-corrected chi connectivity index (χ4v) is 1.70. The van der Waals surface area contributed by atoms with Crippen LogP contribution in [0.4, 0.5) is 0 Å². The first-order valence-corrected chi connectivity index (χ1v) is 5.65. The second-order valence-corrected chi connectivity index (χ2v) is 4.32. The van der Waals surface area contributed by atoms with Crippen molar-refractivity contribution in [3.63, 3.8) is 0 Å². The lowest BCUT2D eigenvalue weighted by molar-refractivity contribution is 0.289. The summed E-state index contributed by atoms with van der Waals surface area (Å²) in [6, 6.07) is 0.657. The average Bonchev–Trinajstić information content (AvgIpc) is 1.98. The number of hydrogen-bond donors (Lipinski definition) is 1. The molecule has 0 aromatic carbocycles. The molecule has 1 nitrogen and oxygen atoms in total. The molecule has 0 radical (unpaired) electrons. The van der Waals surface area contributed by atoms with Crippen LogP contribution >= 0.6 is 11.6 Å². The highest BCUT2D eigenvalue weighted by molar-refractivity contribution is 6.17. The Labute approximate surface area is 80.9 Å². The van der Waals surface area contributed by atoms with Gasteiger partial charge < -0.3 is 5.32 Å². The van der Waals surface area contributed by atoms with Gasteiger partial charge in [-0.15, -0.1) is 11.6 Å². The molecule has 1 unspecified atom stereocenters. The lowest BCUT2D eigenvalue weighted by Crippen LogP contribution is -2.33. The van der Waals surface area contributed by atoms with Crippen molar-refractivity contribution in [3.8, 4) is 0 Å². The third kappa shape index (κ3) is 3.77. The molecule has 12 heavy (non-hydrogen) atoms. The minimum absolute atomic E-state index is 0.657. The van der Waals surface area contributed by atoms with Crippen LogP contribution in [0.5, 0.6) is 0 Å². The Morgan fingerprint density at radius 2 is 2.25 bits per heavy atom. The summed E-state index contributed by atoms with van der Waals surface area (Å²) < 4.78 is 0. The van der Waals surface area contributed by atoms with Crippen LogP contribution in [0.1, 0.15) is 39.0 Å². The molecule has 0 aliphatic heterocycles. The van der Waals surface area contributed by atoms with Gasteiger partial charge in [0.1, 0.15) is 0 Å². The highest BCUT2D eigenvalue weighted by atomic mass is 35.5. The van der Waals surface area contributed by atoms with Gasteiger partial charge in [-0.25, -0.2) is 0 Å². The minimum Gasteiger partial charge on any atom is -0.314 e. The zero-order valence-corrected chi connectivity index (χ0v) is 8.74. The number of alkyl halides is 1. The average molecular weight is 190 g/mol. The van der Waals surface area contributed by atoms with E-state index in [1.165, 1.54) is 32.2 Å². The van der Waals surface area contributed by atoms with Crippen LogP contribution in [0.25, 0.3) is 0 Å². The molecule has 1 aliphatic rings. The first kappa shape index (κ1) is 10.3. The van der Waals surface area contributed by atoms with Gasteiger partial charge in [0.05, 0.1) is 0 Å². The molecule has 0 spiro atoms. The van der Waals surface area contributed by atoms with Crippen molar-refractivity contribution in [1.29, 1.82) is 0 Å². The maximum atomic E-state index is 5.62. The highest BCUT2D eigenvalue weighted by Crippen LogP contribution is 2.25. The second kappa shape index (κ2) is 5.82. The first-order chi connectivity index (χ1) is 5.83. The molecule has 1 saturated carbocycles. The predicted molar refractivity (Wildman–Crippen MR) is 54.8 cm³/mol. The molecule has 0 saturated heterocycles. The SMILES string of the molecule is CC(CCCCl)NCC1CCC1. The monoisotopic (exact) mass is 189 g/mol. The van der Waals surface area contributed by atoms with Gasteiger partial charge in [-0.2, -0.15) is 0 Å². The summed E-state index contributed by atoms with van der Waals surface area (Å²) >= 11 is 5.62. The Morgan fingerprint density at radius 3 is 2.75 bits per heavy atom. The molecule has 1 atom stereocenters. The maximum absolute atomic E-state index is 5.62. The van der Waals surface area contributed by atoms with E-state index in [0.29, 0.717) is 6.04 Å². The second-order valence-electron chi connectivity index (χ2n) is 3.94. The van der Waals surface area contributed by atoms with Crippen LogP contribution in [0, 0.1) is 5.92 Å². The third-order valence-corrected chi connectivity index (χ3v) is 3.02. The van der Waals surface area contributed by atoms with Crippen molar-refractivity contribution < 1.29 is 0 Å². The molecule has 72 valence electrons. The van der Waals surface area contributed by atoms with E-state index in [-0.39, 0.29) is 0 Å².